The lowest BCUT2D eigenvalue weighted by Crippen LogP contribution is -2.40. The number of rotatable bonds is 3. The third kappa shape index (κ3) is 3.47. The van der Waals surface area contributed by atoms with Gasteiger partial charge in [0.25, 0.3) is 0 Å². The molecule has 4 nitrogen and oxygen atoms in total. The fraction of sp³-hybridized carbons (Fsp3) is 0.533. The SMILES string of the molecule is CC1CCC(C)N(Cc2ccc(C(N)=NO)cc2)C1. The van der Waals surface area contributed by atoms with Gasteiger partial charge in [0.05, 0.1) is 0 Å². The van der Waals surface area contributed by atoms with E-state index in [2.05, 4.69) is 36.0 Å². The van der Waals surface area contributed by atoms with Crippen LogP contribution in [0.1, 0.15) is 37.8 Å². The molecule has 3 N–H and O–H groups in total. The highest BCUT2D eigenvalue weighted by molar-refractivity contribution is 5.96. The molecule has 0 spiro atoms. The summed E-state index contributed by atoms with van der Waals surface area (Å²) in [6.07, 6.45) is 2.61. The number of amidine groups is 1. The van der Waals surface area contributed by atoms with Crippen LogP contribution in [0.25, 0.3) is 0 Å². The minimum Gasteiger partial charge on any atom is -0.409 e. The summed E-state index contributed by atoms with van der Waals surface area (Å²) in [5, 5.41) is 11.6. The molecule has 19 heavy (non-hydrogen) atoms. The van der Waals surface area contributed by atoms with Crippen LogP contribution in [0.2, 0.25) is 0 Å². The molecule has 1 aromatic rings. The largest absolute Gasteiger partial charge is 0.409 e. The second kappa shape index (κ2) is 6.06. The molecule has 0 aromatic heterocycles. The Hall–Kier alpha value is -1.55. The molecule has 0 bridgehead atoms. The van der Waals surface area contributed by atoms with Crippen LogP contribution in [-0.2, 0) is 6.54 Å². The lowest BCUT2D eigenvalue weighted by Gasteiger charge is -2.36. The van der Waals surface area contributed by atoms with Crippen molar-refractivity contribution in [3.8, 4) is 0 Å². The molecule has 2 rings (SSSR count). The number of piperidine rings is 1. The Morgan fingerprint density at radius 1 is 1.32 bits per heavy atom. The van der Waals surface area contributed by atoms with Crippen molar-refractivity contribution in [2.24, 2.45) is 16.8 Å². The van der Waals surface area contributed by atoms with Gasteiger partial charge >= 0.3 is 0 Å². The summed E-state index contributed by atoms with van der Waals surface area (Å²) in [7, 11) is 0. The van der Waals surface area contributed by atoms with Gasteiger partial charge in [0.2, 0.25) is 0 Å². The van der Waals surface area contributed by atoms with E-state index in [1.54, 1.807) is 0 Å². The van der Waals surface area contributed by atoms with E-state index in [1.165, 1.54) is 24.9 Å². The Bertz CT molecular complexity index is 441. The lowest BCUT2D eigenvalue weighted by molar-refractivity contribution is 0.117. The van der Waals surface area contributed by atoms with Crippen LogP contribution < -0.4 is 5.73 Å². The highest BCUT2D eigenvalue weighted by Gasteiger charge is 2.22. The molecule has 0 saturated carbocycles. The molecule has 1 aliphatic heterocycles. The van der Waals surface area contributed by atoms with Gasteiger partial charge in [0.1, 0.15) is 0 Å². The van der Waals surface area contributed by atoms with Gasteiger partial charge in [-0.05, 0) is 31.2 Å². The molecular weight excluding hydrogens is 238 g/mol. The van der Waals surface area contributed by atoms with E-state index in [9.17, 15) is 0 Å². The van der Waals surface area contributed by atoms with Gasteiger partial charge in [0.15, 0.2) is 5.84 Å². The predicted molar refractivity (Wildman–Crippen MR) is 77.2 cm³/mol. The Morgan fingerprint density at radius 2 is 2.00 bits per heavy atom. The van der Waals surface area contributed by atoms with Crippen molar-refractivity contribution < 1.29 is 5.21 Å². The number of nitrogens with two attached hydrogens (primary N) is 1. The van der Waals surface area contributed by atoms with E-state index in [0.29, 0.717) is 6.04 Å². The zero-order valence-corrected chi connectivity index (χ0v) is 11.7. The van der Waals surface area contributed by atoms with Crippen LogP contribution in [-0.4, -0.2) is 28.5 Å². The van der Waals surface area contributed by atoms with Gasteiger partial charge in [0, 0.05) is 24.7 Å². The summed E-state index contributed by atoms with van der Waals surface area (Å²) in [6.45, 7) is 6.77. The molecule has 104 valence electrons. The van der Waals surface area contributed by atoms with Crippen LogP contribution in [0.3, 0.4) is 0 Å². The van der Waals surface area contributed by atoms with E-state index in [-0.39, 0.29) is 5.84 Å². The van der Waals surface area contributed by atoms with Gasteiger partial charge in [-0.1, -0.05) is 36.3 Å². The summed E-state index contributed by atoms with van der Waals surface area (Å²) in [6, 6.07) is 8.57. The van der Waals surface area contributed by atoms with Crippen molar-refractivity contribution in [1.82, 2.24) is 4.90 Å². The zero-order chi connectivity index (χ0) is 13.8. The number of oxime groups is 1. The fourth-order valence-electron chi connectivity index (χ4n) is 2.67. The van der Waals surface area contributed by atoms with Gasteiger partial charge in [-0.2, -0.15) is 0 Å². The summed E-state index contributed by atoms with van der Waals surface area (Å²) in [4.78, 5) is 2.53. The van der Waals surface area contributed by atoms with Crippen molar-refractivity contribution in [2.75, 3.05) is 6.54 Å². The van der Waals surface area contributed by atoms with Crippen molar-refractivity contribution >= 4 is 5.84 Å². The van der Waals surface area contributed by atoms with Crippen LogP contribution in [0.5, 0.6) is 0 Å². The normalized spacial score (nSPS) is 25.5. The Labute approximate surface area is 114 Å². The molecule has 1 aromatic carbocycles. The molecule has 0 amide bonds. The fourth-order valence-corrected chi connectivity index (χ4v) is 2.67. The van der Waals surface area contributed by atoms with Crippen LogP contribution in [0.15, 0.2) is 29.4 Å². The zero-order valence-electron chi connectivity index (χ0n) is 11.7. The molecule has 2 atom stereocenters. The third-order valence-corrected chi connectivity index (χ3v) is 3.99. The number of likely N-dealkylation sites (tertiary alicyclic amines) is 1. The van der Waals surface area contributed by atoms with Crippen LogP contribution in [0, 0.1) is 5.92 Å². The van der Waals surface area contributed by atoms with E-state index < -0.39 is 0 Å². The second-order valence-corrected chi connectivity index (χ2v) is 5.64. The maximum absolute atomic E-state index is 8.64. The second-order valence-electron chi connectivity index (χ2n) is 5.64. The topological polar surface area (TPSA) is 61.8 Å². The number of benzene rings is 1. The summed E-state index contributed by atoms with van der Waals surface area (Å²) >= 11 is 0. The van der Waals surface area contributed by atoms with Gasteiger partial charge in [-0.25, -0.2) is 0 Å². The molecule has 4 heteroatoms. The Morgan fingerprint density at radius 3 is 2.63 bits per heavy atom. The first-order chi connectivity index (χ1) is 9.10. The van der Waals surface area contributed by atoms with Crippen LogP contribution >= 0.6 is 0 Å². The molecule has 0 radical (unpaired) electrons. The van der Waals surface area contributed by atoms with E-state index in [1.807, 2.05) is 12.1 Å². The maximum atomic E-state index is 8.64. The van der Waals surface area contributed by atoms with E-state index >= 15 is 0 Å². The Kier molecular flexibility index (Phi) is 4.43. The maximum Gasteiger partial charge on any atom is 0.170 e. The quantitative estimate of drug-likeness (QED) is 0.380. The first-order valence-electron chi connectivity index (χ1n) is 6.91. The smallest absolute Gasteiger partial charge is 0.170 e. The number of hydrogen-bond donors (Lipinski definition) is 2. The third-order valence-electron chi connectivity index (χ3n) is 3.99. The minimum atomic E-state index is 0.159. The van der Waals surface area contributed by atoms with Gasteiger partial charge in [-0.3, -0.25) is 4.90 Å². The average molecular weight is 261 g/mol. The Balaban J connectivity index is 2.03. The highest BCUT2D eigenvalue weighted by Crippen LogP contribution is 2.23. The summed E-state index contributed by atoms with van der Waals surface area (Å²) < 4.78 is 0. The van der Waals surface area contributed by atoms with Gasteiger partial charge in [-0.15, -0.1) is 0 Å². The lowest BCUT2D eigenvalue weighted by atomic mass is 9.94. The van der Waals surface area contributed by atoms with Gasteiger partial charge < -0.3 is 10.9 Å². The number of nitrogens with zero attached hydrogens (tertiary/aromatic N) is 2. The molecule has 2 unspecified atom stereocenters. The van der Waals surface area contributed by atoms with Crippen molar-refractivity contribution in [1.29, 1.82) is 0 Å². The first-order valence-corrected chi connectivity index (χ1v) is 6.91. The summed E-state index contributed by atoms with van der Waals surface area (Å²) in [5.74, 6) is 0.944. The van der Waals surface area contributed by atoms with E-state index in [4.69, 9.17) is 10.9 Å². The van der Waals surface area contributed by atoms with Crippen molar-refractivity contribution in [3.63, 3.8) is 0 Å². The predicted octanol–water partition coefficient (Wildman–Crippen LogP) is 2.40. The summed E-state index contributed by atoms with van der Waals surface area (Å²) in [5.41, 5.74) is 7.59. The molecule has 0 aliphatic carbocycles. The monoisotopic (exact) mass is 261 g/mol. The van der Waals surface area contributed by atoms with Crippen molar-refractivity contribution in [2.45, 2.75) is 39.3 Å². The average Bonchev–Trinajstić information content (AvgIpc) is 2.43. The molecule has 1 saturated heterocycles. The molecule has 1 aliphatic rings. The molecule has 1 fully saturated rings. The van der Waals surface area contributed by atoms with Crippen LogP contribution in [0.4, 0.5) is 0 Å². The first kappa shape index (κ1) is 13.9. The van der Waals surface area contributed by atoms with Crippen molar-refractivity contribution in [3.05, 3.63) is 35.4 Å². The molecular formula is C15H23N3O. The minimum absolute atomic E-state index is 0.159. The standard InChI is InChI=1S/C15H23N3O/c1-11-3-4-12(2)18(9-11)10-13-5-7-14(8-6-13)15(16)17-19/h5-8,11-12,19H,3-4,9-10H2,1-2H3,(H2,16,17). The number of hydrogen-bond acceptors (Lipinski definition) is 3. The highest BCUT2D eigenvalue weighted by atomic mass is 16.4. The molecule has 1 heterocycles. The van der Waals surface area contributed by atoms with E-state index in [0.717, 1.165) is 18.0 Å².